The van der Waals surface area contributed by atoms with Crippen LogP contribution in [0.1, 0.15) is 32.6 Å². The summed E-state index contributed by atoms with van der Waals surface area (Å²) in [7, 11) is 0. The number of nitrogens with one attached hydrogen (secondary N) is 1. The third-order valence-corrected chi connectivity index (χ3v) is 4.49. The fraction of sp³-hybridized carbons (Fsp3) is 0.600. The minimum Gasteiger partial charge on any atom is -0.491 e. The van der Waals surface area contributed by atoms with Gasteiger partial charge in [-0.2, -0.15) is 0 Å². The van der Waals surface area contributed by atoms with Gasteiger partial charge in [-0.1, -0.05) is 34.5 Å². The van der Waals surface area contributed by atoms with Crippen LogP contribution in [0, 0.1) is 5.92 Å². The predicted octanol–water partition coefficient (Wildman–Crippen LogP) is 4.65. The van der Waals surface area contributed by atoms with E-state index in [9.17, 15) is 0 Å². The van der Waals surface area contributed by atoms with Gasteiger partial charge in [-0.25, -0.2) is 0 Å². The van der Waals surface area contributed by atoms with E-state index in [0.717, 1.165) is 22.7 Å². The molecule has 0 amide bonds. The summed E-state index contributed by atoms with van der Waals surface area (Å²) in [4.78, 5) is 0. The average molecular weight is 347 g/mol. The van der Waals surface area contributed by atoms with Crippen molar-refractivity contribution in [2.24, 2.45) is 5.92 Å². The molecule has 0 aromatic heterocycles. The second kappa shape index (κ2) is 7.51. The van der Waals surface area contributed by atoms with Gasteiger partial charge in [-0.05, 0) is 49.8 Å². The molecule has 0 spiro atoms. The monoisotopic (exact) mass is 345 g/mol. The van der Waals surface area contributed by atoms with Crippen LogP contribution < -0.4 is 10.1 Å². The van der Waals surface area contributed by atoms with Gasteiger partial charge in [-0.15, -0.1) is 0 Å². The molecule has 0 saturated heterocycles. The van der Waals surface area contributed by atoms with Crippen LogP contribution in [0.4, 0.5) is 0 Å². The van der Waals surface area contributed by atoms with Gasteiger partial charge in [0.15, 0.2) is 0 Å². The third kappa shape index (κ3) is 4.97. The Morgan fingerprint density at radius 1 is 1.32 bits per heavy atom. The highest BCUT2D eigenvalue weighted by Crippen LogP contribution is 2.27. The third-order valence-electron chi connectivity index (χ3n) is 3.70. The van der Waals surface area contributed by atoms with Crippen molar-refractivity contribution in [2.45, 2.75) is 38.6 Å². The molecular formula is C15H21BrClNO. The Balaban J connectivity index is 1.66. The first-order valence-electron chi connectivity index (χ1n) is 6.96. The lowest BCUT2D eigenvalue weighted by atomic mass is 9.87. The van der Waals surface area contributed by atoms with Crippen LogP contribution in [0.5, 0.6) is 5.75 Å². The minimum absolute atomic E-state index is 0.654. The summed E-state index contributed by atoms with van der Waals surface area (Å²) in [6.45, 7) is 3.88. The molecule has 106 valence electrons. The molecule has 1 aliphatic carbocycles. The molecule has 1 fully saturated rings. The molecule has 2 nitrogen and oxygen atoms in total. The molecule has 0 atom stereocenters. The van der Waals surface area contributed by atoms with E-state index in [0.29, 0.717) is 17.7 Å². The quantitative estimate of drug-likeness (QED) is 0.784. The maximum atomic E-state index is 6.10. The first kappa shape index (κ1) is 15.1. The molecule has 0 heterocycles. The fourth-order valence-electron chi connectivity index (χ4n) is 2.48. The molecule has 1 aromatic rings. The Labute approximate surface area is 129 Å². The lowest BCUT2D eigenvalue weighted by molar-refractivity contribution is 0.270. The second-order valence-electron chi connectivity index (χ2n) is 5.33. The van der Waals surface area contributed by atoms with Crippen LogP contribution in [0.25, 0.3) is 0 Å². The van der Waals surface area contributed by atoms with Gasteiger partial charge in [-0.3, -0.25) is 0 Å². The first-order chi connectivity index (χ1) is 9.15. The van der Waals surface area contributed by atoms with E-state index < -0.39 is 0 Å². The van der Waals surface area contributed by atoms with Gasteiger partial charge >= 0.3 is 0 Å². The van der Waals surface area contributed by atoms with E-state index in [1.807, 2.05) is 18.2 Å². The maximum Gasteiger partial charge on any atom is 0.138 e. The van der Waals surface area contributed by atoms with Gasteiger partial charge in [0.25, 0.3) is 0 Å². The molecule has 0 unspecified atom stereocenters. The Kier molecular flexibility index (Phi) is 5.99. The topological polar surface area (TPSA) is 21.3 Å². The van der Waals surface area contributed by atoms with Gasteiger partial charge in [0, 0.05) is 17.1 Å². The molecule has 1 N–H and O–H groups in total. The van der Waals surface area contributed by atoms with Gasteiger partial charge < -0.3 is 10.1 Å². The van der Waals surface area contributed by atoms with E-state index in [1.165, 1.54) is 25.7 Å². The Hall–Kier alpha value is -0.250. The summed E-state index contributed by atoms with van der Waals surface area (Å²) in [6.07, 6.45) is 5.27. The zero-order valence-electron chi connectivity index (χ0n) is 11.3. The highest BCUT2D eigenvalue weighted by molar-refractivity contribution is 9.10. The standard InChI is InChI=1S/C15H21BrClNO/c1-11-2-5-13(6-3-11)18-8-9-19-15-7-4-12(16)10-14(15)17/h4,7,10-11,13,18H,2-3,5-6,8-9H2,1H3. The van der Waals surface area contributed by atoms with Crippen molar-refractivity contribution in [3.05, 3.63) is 27.7 Å². The Bertz CT molecular complexity index is 405. The number of benzene rings is 1. The van der Waals surface area contributed by atoms with Crippen LogP contribution >= 0.6 is 27.5 Å². The van der Waals surface area contributed by atoms with Crippen LogP contribution in [-0.4, -0.2) is 19.2 Å². The van der Waals surface area contributed by atoms with Crippen molar-refractivity contribution >= 4 is 27.5 Å². The molecular weight excluding hydrogens is 326 g/mol. The minimum atomic E-state index is 0.654. The molecule has 0 bridgehead atoms. The second-order valence-corrected chi connectivity index (χ2v) is 6.66. The number of rotatable bonds is 5. The average Bonchev–Trinajstić information content (AvgIpc) is 2.39. The number of halogens is 2. The molecule has 0 aliphatic heterocycles. The van der Waals surface area contributed by atoms with Gasteiger partial charge in [0.2, 0.25) is 0 Å². The molecule has 4 heteroatoms. The number of hydrogen-bond donors (Lipinski definition) is 1. The zero-order chi connectivity index (χ0) is 13.7. The van der Waals surface area contributed by atoms with Crippen molar-refractivity contribution < 1.29 is 4.74 Å². The predicted molar refractivity (Wildman–Crippen MR) is 84.1 cm³/mol. The summed E-state index contributed by atoms with van der Waals surface area (Å²) in [5.41, 5.74) is 0. The highest BCUT2D eigenvalue weighted by atomic mass is 79.9. The van der Waals surface area contributed by atoms with Crippen molar-refractivity contribution in [1.82, 2.24) is 5.32 Å². The SMILES string of the molecule is CC1CCC(NCCOc2ccc(Br)cc2Cl)CC1. The Morgan fingerprint density at radius 2 is 2.05 bits per heavy atom. The molecule has 1 aromatic carbocycles. The van der Waals surface area contributed by atoms with E-state index in [2.05, 4.69) is 28.2 Å². The maximum absolute atomic E-state index is 6.10. The van der Waals surface area contributed by atoms with Gasteiger partial charge in [0.1, 0.15) is 12.4 Å². The van der Waals surface area contributed by atoms with Crippen LogP contribution in [0.15, 0.2) is 22.7 Å². The normalized spacial score (nSPS) is 23.3. The lowest BCUT2D eigenvalue weighted by Gasteiger charge is -2.27. The summed E-state index contributed by atoms with van der Waals surface area (Å²) < 4.78 is 6.66. The van der Waals surface area contributed by atoms with Crippen LogP contribution in [0.2, 0.25) is 5.02 Å². The highest BCUT2D eigenvalue weighted by Gasteiger charge is 2.17. The number of hydrogen-bond acceptors (Lipinski definition) is 2. The summed E-state index contributed by atoms with van der Waals surface area (Å²) in [5.74, 6) is 1.65. The van der Waals surface area contributed by atoms with Crippen molar-refractivity contribution in [1.29, 1.82) is 0 Å². The van der Waals surface area contributed by atoms with Crippen molar-refractivity contribution in [3.8, 4) is 5.75 Å². The van der Waals surface area contributed by atoms with E-state index in [-0.39, 0.29) is 0 Å². The molecule has 0 radical (unpaired) electrons. The van der Waals surface area contributed by atoms with Gasteiger partial charge in [0.05, 0.1) is 5.02 Å². The summed E-state index contributed by atoms with van der Waals surface area (Å²) >= 11 is 9.48. The van der Waals surface area contributed by atoms with Crippen molar-refractivity contribution in [2.75, 3.05) is 13.2 Å². The van der Waals surface area contributed by atoms with Crippen molar-refractivity contribution in [3.63, 3.8) is 0 Å². The van der Waals surface area contributed by atoms with E-state index in [4.69, 9.17) is 16.3 Å². The molecule has 19 heavy (non-hydrogen) atoms. The first-order valence-corrected chi connectivity index (χ1v) is 8.13. The van der Waals surface area contributed by atoms with Crippen LogP contribution in [0.3, 0.4) is 0 Å². The number of ether oxygens (including phenoxy) is 1. The molecule has 1 aliphatic rings. The Morgan fingerprint density at radius 3 is 2.74 bits per heavy atom. The fourth-order valence-corrected chi connectivity index (χ4v) is 3.21. The van der Waals surface area contributed by atoms with E-state index >= 15 is 0 Å². The van der Waals surface area contributed by atoms with E-state index in [1.54, 1.807) is 0 Å². The summed E-state index contributed by atoms with van der Waals surface area (Å²) in [6, 6.07) is 6.36. The lowest BCUT2D eigenvalue weighted by Crippen LogP contribution is -2.35. The molecule has 1 saturated carbocycles. The molecule has 2 rings (SSSR count). The smallest absolute Gasteiger partial charge is 0.138 e. The zero-order valence-corrected chi connectivity index (χ0v) is 13.6. The summed E-state index contributed by atoms with van der Waals surface area (Å²) in [5, 5.41) is 4.22. The van der Waals surface area contributed by atoms with Crippen LogP contribution in [-0.2, 0) is 0 Å². The largest absolute Gasteiger partial charge is 0.491 e.